The summed E-state index contributed by atoms with van der Waals surface area (Å²) in [7, 11) is 1.74. The van der Waals surface area contributed by atoms with Crippen molar-refractivity contribution in [2.24, 2.45) is 0 Å². The fraction of sp³-hybridized carbons (Fsp3) is 0.818. The third kappa shape index (κ3) is 4.15. The second kappa shape index (κ2) is 7.70. The lowest BCUT2D eigenvalue weighted by Gasteiger charge is -2.16. The highest BCUT2D eigenvalue weighted by molar-refractivity contribution is 7.05. The van der Waals surface area contributed by atoms with Crippen LogP contribution >= 0.6 is 11.5 Å². The SMILES string of the molecule is CCCNC(CCCOC)c1snnc1C. The first-order chi connectivity index (χ1) is 7.79. The van der Waals surface area contributed by atoms with Crippen LogP contribution in [0.3, 0.4) is 0 Å². The van der Waals surface area contributed by atoms with E-state index in [1.165, 1.54) is 16.4 Å². The first-order valence-electron chi connectivity index (χ1n) is 5.80. The highest BCUT2D eigenvalue weighted by Gasteiger charge is 2.15. The monoisotopic (exact) mass is 243 g/mol. The molecule has 1 unspecified atom stereocenters. The van der Waals surface area contributed by atoms with E-state index in [4.69, 9.17) is 4.74 Å². The normalized spacial score (nSPS) is 12.9. The zero-order valence-corrected chi connectivity index (χ0v) is 11.1. The molecule has 0 spiro atoms. The van der Waals surface area contributed by atoms with Gasteiger partial charge in [0.25, 0.3) is 0 Å². The maximum atomic E-state index is 5.09. The zero-order valence-electron chi connectivity index (χ0n) is 10.3. The lowest BCUT2D eigenvalue weighted by Crippen LogP contribution is -2.22. The molecule has 0 aliphatic carbocycles. The van der Waals surface area contributed by atoms with E-state index in [1.54, 1.807) is 7.11 Å². The maximum absolute atomic E-state index is 5.09. The molecule has 16 heavy (non-hydrogen) atoms. The van der Waals surface area contributed by atoms with Crippen LogP contribution in [0.25, 0.3) is 0 Å². The summed E-state index contributed by atoms with van der Waals surface area (Å²) >= 11 is 1.50. The number of methoxy groups -OCH3 is 1. The van der Waals surface area contributed by atoms with E-state index >= 15 is 0 Å². The molecule has 0 aliphatic rings. The topological polar surface area (TPSA) is 47.0 Å². The average molecular weight is 243 g/mol. The Labute approximate surface area is 102 Å². The van der Waals surface area contributed by atoms with E-state index in [0.717, 1.165) is 38.1 Å². The Hall–Kier alpha value is -0.520. The Kier molecular flexibility index (Phi) is 6.52. The molecule has 0 bridgehead atoms. The molecule has 0 saturated heterocycles. The molecule has 1 N–H and O–H groups in total. The summed E-state index contributed by atoms with van der Waals surface area (Å²) in [6.07, 6.45) is 3.29. The summed E-state index contributed by atoms with van der Waals surface area (Å²) in [6.45, 7) is 6.05. The molecule has 0 aliphatic heterocycles. The zero-order chi connectivity index (χ0) is 11.8. The summed E-state index contributed by atoms with van der Waals surface area (Å²) < 4.78 is 9.09. The number of rotatable bonds is 8. The lowest BCUT2D eigenvalue weighted by atomic mass is 10.1. The molecule has 0 saturated carbocycles. The van der Waals surface area contributed by atoms with Crippen LogP contribution in [0, 0.1) is 6.92 Å². The average Bonchev–Trinajstić information content (AvgIpc) is 2.70. The van der Waals surface area contributed by atoms with Gasteiger partial charge >= 0.3 is 0 Å². The van der Waals surface area contributed by atoms with E-state index in [-0.39, 0.29) is 0 Å². The quantitative estimate of drug-likeness (QED) is 0.712. The van der Waals surface area contributed by atoms with Crippen LogP contribution in [0.15, 0.2) is 0 Å². The van der Waals surface area contributed by atoms with Crippen LogP contribution in [-0.4, -0.2) is 29.8 Å². The Morgan fingerprint density at radius 1 is 1.50 bits per heavy atom. The van der Waals surface area contributed by atoms with Crippen molar-refractivity contribution < 1.29 is 4.74 Å². The lowest BCUT2D eigenvalue weighted by molar-refractivity contribution is 0.189. The number of ether oxygens (including phenoxy) is 1. The first-order valence-corrected chi connectivity index (χ1v) is 6.58. The van der Waals surface area contributed by atoms with Crippen molar-refractivity contribution in [3.63, 3.8) is 0 Å². The van der Waals surface area contributed by atoms with Crippen molar-refractivity contribution in [1.82, 2.24) is 14.9 Å². The summed E-state index contributed by atoms with van der Waals surface area (Å²) in [5.41, 5.74) is 1.05. The molecule has 5 heteroatoms. The maximum Gasteiger partial charge on any atom is 0.0772 e. The molecule has 1 aromatic heterocycles. The van der Waals surface area contributed by atoms with Crippen molar-refractivity contribution in [2.75, 3.05) is 20.3 Å². The molecule has 92 valence electrons. The first kappa shape index (κ1) is 13.5. The van der Waals surface area contributed by atoms with Gasteiger partial charge in [-0.25, -0.2) is 0 Å². The smallest absolute Gasteiger partial charge is 0.0772 e. The summed E-state index contributed by atoms with van der Waals surface area (Å²) in [4.78, 5) is 1.27. The summed E-state index contributed by atoms with van der Waals surface area (Å²) in [6, 6.07) is 0.384. The number of aromatic nitrogens is 2. The van der Waals surface area contributed by atoms with Crippen LogP contribution in [0.2, 0.25) is 0 Å². The highest BCUT2D eigenvalue weighted by Crippen LogP contribution is 2.23. The molecule has 1 atom stereocenters. The third-order valence-electron chi connectivity index (χ3n) is 2.49. The van der Waals surface area contributed by atoms with Gasteiger partial charge in [0.1, 0.15) is 0 Å². The number of hydrogen-bond donors (Lipinski definition) is 1. The Morgan fingerprint density at radius 3 is 2.88 bits per heavy atom. The Balaban J connectivity index is 2.53. The van der Waals surface area contributed by atoms with Gasteiger partial charge in [0, 0.05) is 19.8 Å². The Bertz CT molecular complexity index is 291. The molecular formula is C11H21N3OS. The Morgan fingerprint density at radius 2 is 2.31 bits per heavy atom. The van der Waals surface area contributed by atoms with Crippen molar-refractivity contribution >= 4 is 11.5 Å². The second-order valence-corrected chi connectivity index (χ2v) is 4.65. The van der Waals surface area contributed by atoms with Gasteiger partial charge < -0.3 is 10.1 Å². The predicted octanol–water partition coefficient (Wildman–Crippen LogP) is 2.31. The predicted molar refractivity (Wildman–Crippen MR) is 66.8 cm³/mol. The van der Waals surface area contributed by atoms with Gasteiger partial charge in [-0.1, -0.05) is 11.4 Å². The van der Waals surface area contributed by atoms with Gasteiger partial charge in [-0.15, -0.1) is 5.10 Å². The van der Waals surface area contributed by atoms with Gasteiger partial charge in [-0.05, 0) is 44.3 Å². The fourth-order valence-electron chi connectivity index (χ4n) is 1.63. The molecule has 0 radical (unpaired) electrons. The minimum atomic E-state index is 0.384. The van der Waals surface area contributed by atoms with E-state index < -0.39 is 0 Å². The number of nitrogens with one attached hydrogen (secondary N) is 1. The molecule has 1 rings (SSSR count). The van der Waals surface area contributed by atoms with Crippen LogP contribution < -0.4 is 5.32 Å². The van der Waals surface area contributed by atoms with Crippen molar-refractivity contribution in [2.45, 2.75) is 39.2 Å². The number of hydrogen-bond acceptors (Lipinski definition) is 5. The van der Waals surface area contributed by atoms with Crippen molar-refractivity contribution in [1.29, 1.82) is 0 Å². The van der Waals surface area contributed by atoms with Gasteiger partial charge in [0.05, 0.1) is 10.6 Å². The van der Waals surface area contributed by atoms with E-state index in [9.17, 15) is 0 Å². The van der Waals surface area contributed by atoms with Crippen LogP contribution in [-0.2, 0) is 4.74 Å². The van der Waals surface area contributed by atoms with E-state index in [0.29, 0.717) is 6.04 Å². The molecule has 0 fully saturated rings. The largest absolute Gasteiger partial charge is 0.385 e. The molecule has 4 nitrogen and oxygen atoms in total. The van der Waals surface area contributed by atoms with Crippen LogP contribution in [0.4, 0.5) is 0 Å². The molecule has 0 amide bonds. The number of aryl methyl sites for hydroxylation is 1. The molecular weight excluding hydrogens is 222 g/mol. The van der Waals surface area contributed by atoms with Crippen molar-refractivity contribution in [3.8, 4) is 0 Å². The van der Waals surface area contributed by atoms with Crippen LogP contribution in [0.5, 0.6) is 0 Å². The molecule has 1 heterocycles. The van der Waals surface area contributed by atoms with Gasteiger partial charge in [0.15, 0.2) is 0 Å². The van der Waals surface area contributed by atoms with E-state index in [1.807, 2.05) is 6.92 Å². The minimum absolute atomic E-state index is 0.384. The van der Waals surface area contributed by atoms with Gasteiger partial charge in [-0.2, -0.15) is 0 Å². The van der Waals surface area contributed by atoms with Crippen molar-refractivity contribution in [3.05, 3.63) is 10.6 Å². The summed E-state index contributed by atoms with van der Waals surface area (Å²) in [5, 5.41) is 7.62. The standard InChI is InChI=1S/C11H21N3OS/c1-4-7-12-10(6-5-8-15-3)11-9(2)13-14-16-11/h10,12H,4-8H2,1-3H3. The third-order valence-corrected chi connectivity index (χ3v) is 3.43. The second-order valence-electron chi connectivity index (χ2n) is 3.86. The highest BCUT2D eigenvalue weighted by atomic mass is 32.1. The van der Waals surface area contributed by atoms with Crippen LogP contribution in [0.1, 0.15) is 42.8 Å². The van der Waals surface area contributed by atoms with Gasteiger partial charge in [0.2, 0.25) is 0 Å². The van der Waals surface area contributed by atoms with E-state index in [2.05, 4.69) is 21.8 Å². The minimum Gasteiger partial charge on any atom is -0.385 e. The van der Waals surface area contributed by atoms with Gasteiger partial charge in [-0.3, -0.25) is 0 Å². The molecule has 0 aromatic carbocycles. The fourth-order valence-corrected chi connectivity index (χ4v) is 2.39. The molecule has 1 aromatic rings. The number of nitrogens with zero attached hydrogens (tertiary/aromatic N) is 2. The summed E-state index contributed by atoms with van der Waals surface area (Å²) in [5.74, 6) is 0.